The Kier molecular flexibility index (Phi) is 9.24. The van der Waals surface area contributed by atoms with E-state index in [1.807, 2.05) is 11.3 Å². The summed E-state index contributed by atoms with van der Waals surface area (Å²) >= 11 is 1.86. The van der Waals surface area contributed by atoms with Crippen molar-refractivity contribution in [3.8, 4) is 33.4 Å². The molecule has 2 heteroatoms. The molecule has 0 N–H and O–H groups in total. The Bertz CT molecular complexity index is 2540. The molecule has 0 amide bonds. The van der Waals surface area contributed by atoms with Gasteiger partial charge in [0.25, 0.3) is 0 Å². The van der Waals surface area contributed by atoms with E-state index in [2.05, 4.69) is 218 Å². The number of nitrogens with zero attached hydrogens (tertiary/aromatic N) is 1. The van der Waals surface area contributed by atoms with E-state index >= 15 is 0 Å². The van der Waals surface area contributed by atoms with Crippen molar-refractivity contribution in [1.82, 2.24) is 0 Å². The first-order chi connectivity index (χ1) is 25.2. The van der Waals surface area contributed by atoms with Crippen LogP contribution in [0.15, 0.2) is 206 Å². The molecular formula is C49H37NS. The maximum Gasteiger partial charge on any atom is 0.0533 e. The van der Waals surface area contributed by atoms with Crippen LogP contribution >= 0.6 is 11.3 Å². The minimum absolute atomic E-state index is 1.10. The molecule has 1 heterocycles. The summed E-state index contributed by atoms with van der Waals surface area (Å²) in [6.07, 6.45) is 10.8. The molecule has 0 unspecified atom stereocenters. The minimum atomic E-state index is 1.10. The number of benzene rings is 7. The zero-order valence-corrected chi connectivity index (χ0v) is 29.3. The molecule has 0 saturated carbocycles. The number of hydrogen-bond donors (Lipinski definition) is 0. The van der Waals surface area contributed by atoms with Crippen molar-refractivity contribution < 1.29 is 0 Å². The van der Waals surface area contributed by atoms with Crippen molar-refractivity contribution in [2.24, 2.45) is 0 Å². The lowest BCUT2D eigenvalue weighted by atomic mass is 9.98. The maximum atomic E-state index is 2.34. The van der Waals surface area contributed by atoms with Gasteiger partial charge in [0, 0.05) is 37.6 Å². The molecule has 0 aliphatic carbocycles. The average molecular weight is 672 g/mol. The lowest BCUT2D eigenvalue weighted by Gasteiger charge is -2.24. The molecule has 0 radical (unpaired) electrons. The van der Waals surface area contributed by atoms with Crippen molar-refractivity contribution in [1.29, 1.82) is 0 Å². The van der Waals surface area contributed by atoms with Gasteiger partial charge >= 0.3 is 0 Å². The van der Waals surface area contributed by atoms with Crippen molar-refractivity contribution >= 4 is 48.5 Å². The van der Waals surface area contributed by atoms with E-state index < -0.39 is 0 Å². The Morgan fingerprint density at radius 3 is 1.96 bits per heavy atom. The molecule has 7 aromatic carbocycles. The summed E-state index contributed by atoms with van der Waals surface area (Å²) in [5.74, 6) is 0. The van der Waals surface area contributed by atoms with Gasteiger partial charge in [-0.2, -0.15) is 0 Å². The molecule has 0 saturated heterocycles. The largest absolute Gasteiger partial charge is 0.317 e. The summed E-state index contributed by atoms with van der Waals surface area (Å²) < 4.78 is 2.65. The van der Waals surface area contributed by atoms with E-state index in [9.17, 15) is 0 Å². The number of fused-ring (bicyclic) bond motifs is 3. The van der Waals surface area contributed by atoms with E-state index in [4.69, 9.17) is 0 Å². The van der Waals surface area contributed by atoms with Gasteiger partial charge in [-0.15, -0.1) is 11.3 Å². The van der Waals surface area contributed by atoms with Crippen LogP contribution in [-0.2, 0) is 0 Å². The molecule has 0 aliphatic rings. The number of hydrogen-bond acceptors (Lipinski definition) is 2. The summed E-state index contributed by atoms with van der Waals surface area (Å²) in [7, 11) is 0. The van der Waals surface area contributed by atoms with Crippen molar-refractivity contribution in [3.05, 3.63) is 212 Å². The summed E-state index contributed by atoms with van der Waals surface area (Å²) in [4.78, 5) is 2.29. The van der Waals surface area contributed by atoms with Gasteiger partial charge in [-0.1, -0.05) is 158 Å². The highest BCUT2D eigenvalue weighted by Crippen LogP contribution is 2.38. The van der Waals surface area contributed by atoms with Gasteiger partial charge in [0.15, 0.2) is 0 Å². The lowest BCUT2D eigenvalue weighted by molar-refractivity contribution is 1.28. The molecule has 0 spiro atoms. The quantitative estimate of drug-likeness (QED) is 0.138. The number of anilines is 2. The van der Waals surface area contributed by atoms with E-state index in [-0.39, 0.29) is 0 Å². The second-order valence-corrected chi connectivity index (χ2v) is 13.6. The number of thiophene rings is 1. The number of para-hydroxylation sites is 1. The Labute approximate surface area is 304 Å². The predicted molar refractivity (Wildman–Crippen MR) is 223 cm³/mol. The Morgan fingerprint density at radius 2 is 1.14 bits per heavy atom. The van der Waals surface area contributed by atoms with Crippen LogP contribution in [0.2, 0.25) is 0 Å². The summed E-state index contributed by atoms with van der Waals surface area (Å²) in [6.45, 7) is 2.11. The van der Waals surface area contributed by atoms with Crippen molar-refractivity contribution in [2.75, 3.05) is 4.90 Å². The lowest BCUT2D eigenvalue weighted by Crippen LogP contribution is -2.09. The van der Waals surface area contributed by atoms with Crippen LogP contribution in [0.5, 0.6) is 0 Å². The third kappa shape index (κ3) is 6.83. The van der Waals surface area contributed by atoms with Gasteiger partial charge in [-0.3, -0.25) is 0 Å². The van der Waals surface area contributed by atoms with E-state index in [0.29, 0.717) is 0 Å². The molecule has 0 aliphatic heterocycles. The Morgan fingerprint density at radius 1 is 0.490 bits per heavy atom. The highest BCUT2D eigenvalue weighted by molar-refractivity contribution is 7.25. The monoisotopic (exact) mass is 671 g/mol. The number of rotatable bonds is 9. The molecule has 0 fully saturated rings. The molecule has 0 atom stereocenters. The SMILES string of the molecule is C\C=C(/C=C\C=C\N(c1cccc(-c2ccccc2)c1)c1ccccc1-c1ccccc1)c1cccc(-c2ccc3c(c2)sc2ccccc23)c1. The van der Waals surface area contributed by atoms with Crippen LogP contribution in [0.3, 0.4) is 0 Å². The third-order valence-corrected chi connectivity index (χ3v) is 10.5. The fourth-order valence-corrected chi connectivity index (χ4v) is 7.90. The second-order valence-electron chi connectivity index (χ2n) is 12.5. The Hall–Kier alpha value is -6.22. The molecule has 8 rings (SSSR count). The number of allylic oxidation sites excluding steroid dienone is 5. The molecule has 51 heavy (non-hydrogen) atoms. The van der Waals surface area contributed by atoms with Crippen LogP contribution in [0.25, 0.3) is 59.1 Å². The minimum Gasteiger partial charge on any atom is -0.317 e. The van der Waals surface area contributed by atoms with Crippen molar-refractivity contribution in [2.45, 2.75) is 6.92 Å². The van der Waals surface area contributed by atoms with Crippen molar-refractivity contribution in [3.63, 3.8) is 0 Å². The zero-order valence-electron chi connectivity index (χ0n) is 28.5. The molecule has 1 nitrogen and oxygen atoms in total. The van der Waals surface area contributed by atoms with Crippen LogP contribution in [-0.4, -0.2) is 0 Å². The molecule has 0 bridgehead atoms. The average Bonchev–Trinajstić information content (AvgIpc) is 3.58. The summed E-state index contributed by atoms with van der Waals surface area (Å²) in [6, 6.07) is 63.0. The fourth-order valence-electron chi connectivity index (χ4n) is 6.75. The van der Waals surface area contributed by atoms with E-state index in [0.717, 1.165) is 11.4 Å². The molecule has 1 aromatic heterocycles. The predicted octanol–water partition coefficient (Wildman–Crippen LogP) is 14.4. The van der Waals surface area contributed by atoms with Crippen LogP contribution in [0.1, 0.15) is 12.5 Å². The van der Waals surface area contributed by atoms with Gasteiger partial charge in [0.05, 0.1) is 5.69 Å². The van der Waals surface area contributed by atoms with Crippen LogP contribution in [0, 0.1) is 0 Å². The third-order valence-electron chi connectivity index (χ3n) is 9.32. The second kappa shape index (κ2) is 14.7. The van der Waals surface area contributed by atoms with Gasteiger partial charge < -0.3 is 4.90 Å². The summed E-state index contributed by atoms with van der Waals surface area (Å²) in [5.41, 5.74) is 11.8. The van der Waals surface area contributed by atoms with Gasteiger partial charge in [-0.05, 0) is 88.4 Å². The van der Waals surface area contributed by atoms with E-state index in [1.54, 1.807) is 0 Å². The van der Waals surface area contributed by atoms with Gasteiger partial charge in [0.2, 0.25) is 0 Å². The Balaban J connectivity index is 1.11. The van der Waals surface area contributed by atoms with Gasteiger partial charge in [0.1, 0.15) is 0 Å². The maximum absolute atomic E-state index is 2.34. The molecule has 8 aromatic rings. The van der Waals surface area contributed by atoms with Crippen LogP contribution in [0.4, 0.5) is 11.4 Å². The molecule has 244 valence electrons. The highest BCUT2D eigenvalue weighted by atomic mass is 32.1. The standard InChI is InChI=1S/C49H37NS/c1-2-36(39-22-15-23-40(33-39)42-30-31-46-45-27-10-12-29-48(45)51-49(46)35-42)17-13-14-32-50(43-25-16-24-41(34-43)37-18-5-3-6-19-37)47-28-11-9-26-44(47)38-20-7-4-8-21-38/h2-35H,1H3/b17-13-,32-14+,36-2+. The first-order valence-corrected chi connectivity index (χ1v) is 18.2. The zero-order chi connectivity index (χ0) is 34.4. The van der Waals surface area contributed by atoms with Gasteiger partial charge in [-0.25, -0.2) is 0 Å². The molecular weight excluding hydrogens is 635 g/mol. The highest BCUT2D eigenvalue weighted by Gasteiger charge is 2.14. The van der Waals surface area contributed by atoms with E-state index in [1.165, 1.54) is 64.7 Å². The normalized spacial score (nSPS) is 12.0. The topological polar surface area (TPSA) is 3.24 Å². The first-order valence-electron chi connectivity index (χ1n) is 17.4. The summed E-state index contributed by atoms with van der Waals surface area (Å²) in [5, 5.41) is 2.66. The fraction of sp³-hybridized carbons (Fsp3) is 0.0204. The first kappa shape index (κ1) is 32.0. The smallest absolute Gasteiger partial charge is 0.0533 e. The van der Waals surface area contributed by atoms with Crippen LogP contribution < -0.4 is 4.90 Å².